The molecule has 0 saturated carbocycles. The minimum atomic E-state index is -1.36. The molecule has 27 heavy (non-hydrogen) atoms. The Balaban J connectivity index is 0.00000364. The van der Waals surface area contributed by atoms with Crippen LogP contribution in [0.5, 0.6) is 0 Å². The van der Waals surface area contributed by atoms with Crippen molar-refractivity contribution in [1.29, 1.82) is 0 Å². The van der Waals surface area contributed by atoms with Crippen molar-refractivity contribution < 1.29 is 24.9 Å². The molecule has 0 aromatic rings. The summed E-state index contributed by atoms with van der Waals surface area (Å²) in [6.07, 6.45) is -0.236. The highest BCUT2D eigenvalue weighted by atomic mass is 35.5. The molecular weight excluding hydrogens is 415 g/mol. The summed E-state index contributed by atoms with van der Waals surface area (Å²) in [6, 6.07) is -1.00. The number of carbonyl (C=O) groups is 1. The Morgan fingerprint density at radius 2 is 2.00 bits per heavy atom. The first-order chi connectivity index (χ1) is 12.3. The Hall–Kier alpha value is 0.200. The molecule has 0 bridgehead atoms. The van der Waals surface area contributed by atoms with Crippen molar-refractivity contribution >= 4 is 41.7 Å². The lowest BCUT2D eigenvalue weighted by Crippen LogP contribution is -2.65. The lowest BCUT2D eigenvalue weighted by molar-refractivity contribution is -0.205. The average Bonchev–Trinajstić information content (AvgIpc) is 2.64. The molecular formula is C17H32Cl2N2O5S. The van der Waals surface area contributed by atoms with Crippen LogP contribution >= 0.6 is 35.8 Å². The summed E-state index contributed by atoms with van der Waals surface area (Å²) in [7, 11) is 0. The van der Waals surface area contributed by atoms with Crippen LogP contribution in [0, 0.1) is 5.92 Å². The molecule has 2 fully saturated rings. The second-order valence-corrected chi connectivity index (χ2v) is 8.82. The van der Waals surface area contributed by atoms with Crippen LogP contribution in [0.4, 0.5) is 0 Å². The molecule has 2 saturated heterocycles. The number of aliphatic hydroxyl groups is 3. The molecule has 10 heteroatoms. The van der Waals surface area contributed by atoms with Gasteiger partial charge in [0.1, 0.15) is 29.9 Å². The van der Waals surface area contributed by atoms with Crippen molar-refractivity contribution in [3.8, 4) is 0 Å². The fourth-order valence-corrected chi connectivity index (χ4v) is 4.54. The lowest BCUT2D eigenvalue weighted by Gasteiger charge is -2.44. The second kappa shape index (κ2) is 11.4. The zero-order chi connectivity index (χ0) is 19.4. The van der Waals surface area contributed by atoms with E-state index < -0.39 is 41.3 Å². The minimum Gasteiger partial charge on any atom is -0.388 e. The van der Waals surface area contributed by atoms with Gasteiger partial charge in [0.15, 0.2) is 0 Å². The molecule has 2 aliphatic heterocycles. The molecule has 2 heterocycles. The number of ether oxygens (including phenoxy) is 1. The maximum atomic E-state index is 12.7. The van der Waals surface area contributed by atoms with Crippen LogP contribution in [-0.4, -0.2) is 81.3 Å². The highest BCUT2D eigenvalue weighted by Crippen LogP contribution is 2.30. The molecule has 9 atom stereocenters. The van der Waals surface area contributed by atoms with Crippen LogP contribution in [0.15, 0.2) is 0 Å². The minimum absolute atomic E-state index is 0. The van der Waals surface area contributed by atoms with Gasteiger partial charge in [0.25, 0.3) is 0 Å². The maximum absolute atomic E-state index is 12.7. The third-order valence-electron chi connectivity index (χ3n) is 5.40. The number of hydrogen-bond donors (Lipinski definition) is 5. The van der Waals surface area contributed by atoms with Gasteiger partial charge < -0.3 is 30.7 Å². The SMILES string of the molecule is CC[C@@H]1CCN[C@H](C(=O)N[C@@H]([C@H]2O[C@H](SC)C(O)C(O)[C@H]2O)[C@H](C)Cl)C1.Cl. The fraction of sp³-hybridized carbons (Fsp3) is 0.941. The van der Waals surface area contributed by atoms with Crippen LogP contribution in [0.3, 0.4) is 0 Å². The smallest absolute Gasteiger partial charge is 0.237 e. The van der Waals surface area contributed by atoms with Gasteiger partial charge in [-0.05, 0) is 38.5 Å². The van der Waals surface area contributed by atoms with E-state index in [1.807, 2.05) is 0 Å². The van der Waals surface area contributed by atoms with Crippen LogP contribution in [0.1, 0.15) is 33.1 Å². The molecule has 0 aromatic carbocycles. The van der Waals surface area contributed by atoms with Gasteiger partial charge in [-0.15, -0.1) is 35.8 Å². The van der Waals surface area contributed by atoms with Crippen molar-refractivity contribution in [3.63, 3.8) is 0 Å². The quantitative estimate of drug-likeness (QED) is 0.377. The van der Waals surface area contributed by atoms with Gasteiger partial charge in [-0.3, -0.25) is 4.79 Å². The monoisotopic (exact) mass is 446 g/mol. The lowest BCUT2D eigenvalue weighted by atomic mass is 9.89. The number of aliphatic hydroxyl groups excluding tert-OH is 3. The van der Waals surface area contributed by atoms with E-state index in [-0.39, 0.29) is 24.4 Å². The predicted molar refractivity (Wildman–Crippen MR) is 109 cm³/mol. The van der Waals surface area contributed by atoms with Crippen molar-refractivity contribution in [2.24, 2.45) is 5.92 Å². The molecule has 0 aromatic heterocycles. The molecule has 2 unspecified atom stereocenters. The van der Waals surface area contributed by atoms with E-state index in [0.29, 0.717) is 5.92 Å². The van der Waals surface area contributed by atoms with Gasteiger partial charge in [0.05, 0.1) is 17.5 Å². The number of rotatable bonds is 6. The van der Waals surface area contributed by atoms with Gasteiger partial charge in [-0.25, -0.2) is 0 Å². The third kappa shape index (κ3) is 6.09. The summed E-state index contributed by atoms with van der Waals surface area (Å²) >= 11 is 7.51. The van der Waals surface area contributed by atoms with Crippen LogP contribution < -0.4 is 10.6 Å². The summed E-state index contributed by atoms with van der Waals surface area (Å²) in [5.41, 5.74) is -0.703. The van der Waals surface area contributed by atoms with E-state index in [0.717, 1.165) is 25.8 Å². The number of halogens is 2. The normalized spacial score (nSPS) is 39.1. The van der Waals surface area contributed by atoms with Gasteiger partial charge in [0.2, 0.25) is 5.91 Å². The summed E-state index contributed by atoms with van der Waals surface area (Å²) < 4.78 is 5.77. The highest BCUT2D eigenvalue weighted by molar-refractivity contribution is 7.99. The first-order valence-corrected chi connectivity index (χ1v) is 10.9. The first-order valence-electron chi connectivity index (χ1n) is 9.20. The predicted octanol–water partition coefficient (Wildman–Crippen LogP) is 0.469. The average molecular weight is 447 g/mol. The number of thioether (sulfide) groups is 1. The topological polar surface area (TPSA) is 111 Å². The Bertz CT molecular complexity index is 475. The standard InChI is InChI=1S/C17H31ClN2O5S.ClH/c1-4-9-5-6-19-10(7-9)16(24)20-11(8(2)18)15-13(22)12(21)14(23)17(25-15)26-3;/h8-15,17,19,21-23H,4-7H2,1-3H3,(H,20,24);1H/t8-,9+,10-,11+,12?,13+,14?,15+,17+;/m0./s1. The van der Waals surface area contributed by atoms with E-state index in [2.05, 4.69) is 17.6 Å². The molecule has 0 radical (unpaired) electrons. The van der Waals surface area contributed by atoms with E-state index >= 15 is 0 Å². The Morgan fingerprint density at radius 3 is 2.56 bits per heavy atom. The molecule has 160 valence electrons. The Kier molecular flexibility index (Phi) is 10.7. The van der Waals surface area contributed by atoms with E-state index in [1.54, 1.807) is 13.2 Å². The number of carbonyl (C=O) groups excluding carboxylic acids is 1. The highest BCUT2D eigenvalue weighted by Gasteiger charge is 2.48. The van der Waals surface area contributed by atoms with Gasteiger partial charge in [0, 0.05) is 0 Å². The second-order valence-electron chi connectivity index (χ2n) is 7.19. The van der Waals surface area contributed by atoms with Crippen LogP contribution in [0.25, 0.3) is 0 Å². The summed E-state index contributed by atoms with van der Waals surface area (Å²) in [4.78, 5) is 12.7. The summed E-state index contributed by atoms with van der Waals surface area (Å²) in [5.74, 6) is 0.325. The molecule has 1 amide bonds. The number of nitrogens with one attached hydrogen (secondary N) is 2. The summed E-state index contributed by atoms with van der Waals surface area (Å²) in [6.45, 7) is 4.62. The Morgan fingerprint density at radius 1 is 1.33 bits per heavy atom. The molecule has 0 aliphatic carbocycles. The van der Waals surface area contributed by atoms with Crippen LogP contribution in [-0.2, 0) is 9.53 Å². The van der Waals surface area contributed by atoms with Crippen molar-refractivity contribution in [2.75, 3.05) is 12.8 Å². The number of piperidine rings is 1. The number of alkyl halides is 1. The molecule has 5 N–H and O–H groups in total. The van der Waals surface area contributed by atoms with E-state index in [9.17, 15) is 20.1 Å². The zero-order valence-electron chi connectivity index (χ0n) is 15.9. The molecule has 2 aliphatic rings. The van der Waals surface area contributed by atoms with Gasteiger partial charge in [-0.2, -0.15) is 0 Å². The molecule has 7 nitrogen and oxygen atoms in total. The number of hydrogen-bond acceptors (Lipinski definition) is 7. The van der Waals surface area contributed by atoms with Crippen LogP contribution in [0.2, 0.25) is 0 Å². The zero-order valence-corrected chi connectivity index (χ0v) is 18.3. The first kappa shape index (κ1) is 25.2. The molecule has 2 rings (SSSR count). The number of amides is 1. The maximum Gasteiger partial charge on any atom is 0.237 e. The van der Waals surface area contributed by atoms with Gasteiger partial charge >= 0.3 is 0 Å². The van der Waals surface area contributed by atoms with Crippen molar-refractivity contribution in [3.05, 3.63) is 0 Å². The summed E-state index contributed by atoms with van der Waals surface area (Å²) in [5, 5.41) is 36.1. The van der Waals surface area contributed by atoms with Crippen molar-refractivity contribution in [1.82, 2.24) is 10.6 Å². The fourth-order valence-electron chi connectivity index (χ4n) is 3.66. The van der Waals surface area contributed by atoms with Crippen molar-refractivity contribution in [2.45, 2.75) is 80.4 Å². The third-order valence-corrected chi connectivity index (χ3v) is 6.53. The largest absolute Gasteiger partial charge is 0.388 e. The molecule has 0 spiro atoms. The van der Waals surface area contributed by atoms with Gasteiger partial charge in [-0.1, -0.05) is 13.3 Å². The Labute approximate surface area is 176 Å². The van der Waals surface area contributed by atoms with E-state index in [4.69, 9.17) is 16.3 Å². The van der Waals surface area contributed by atoms with E-state index in [1.165, 1.54) is 11.8 Å².